The third kappa shape index (κ3) is 2.85. The molecule has 1 heterocycles. The molecule has 0 saturated heterocycles. The van der Waals surface area contributed by atoms with Crippen molar-refractivity contribution in [2.24, 2.45) is 5.73 Å². The number of hydrogen-bond donors (Lipinski definition) is 2. The number of ether oxygens (including phenoxy) is 1. The highest BCUT2D eigenvalue weighted by Crippen LogP contribution is 2.35. The number of rotatable bonds is 4. The van der Waals surface area contributed by atoms with Crippen LogP contribution in [0.4, 0.5) is 0 Å². The van der Waals surface area contributed by atoms with Crippen molar-refractivity contribution >= 4 is 17.7 Å². The first-order valence-electron chi connectivity index (χ1n) is 6.01. The molecule has 1 amide bonds. The summed E-state index contributed by atoms with van der Waals surface area (Å²) in [5.74, 6) is 0.883. The van der Waals surface area contributed by atoms with Gasteiger partial charge in [0, 0.05) is 24.3 Å². The van der Waals surface area contributed by atoms with Gasteiger partial charge in [-0.15, -0.1) is 11.8 Å². The minimum atomic E-state index is -0.563. The highest BCUT2D eigenvalue weighted by molar-refractivity contribution is 7.99. The molecule has 18 heavy (non-hydrogen) atoms. The lowest BCUT2D eigenvalue weighted by molar-refractivity contribution is -0.131. The van der Waals surface area contributed by atoms with Crippen molar-refractivity contribution < 1.29 is 9.53 Å². The Kier molecular flexibility index (Phi) is 4.63. The van der Waals surface area contributed by atoms with Gasteiger partial charge in [0.1, 0.15) is 6.10 Å². The monoisotopic (exact) mass is 266 g/mol. The third-order valence-electron chi connectivity index (χ3n) is 3.07. The van der Waals surface area contributed by atoms with E-state index in [-0.39, 0.29) is 18.5 Å². The van der Waals surface area contributed by atoms with Gasteiger partial charge in [0.05, 0.1) is 6.04 Å². The molecule has 0 radical (unpaired) electrons. The molecule has 1 aromatic carbocycles. The maximum atomic E-state index is 12.0. The summed E-state index contributed by atoms with van der Waals surface area (Å²) in [4.78, 5) is 13.2. The highest BCUT2D eigenvalue weighted by Gasteiger charge is 2.24. The van der Waals surface area contributed by atoms with Crippen LogP contribution in [0.5, 0.6) is 0 Å². The van der Waals surface area contributed by atoms with Gasteiger partial charge >= 0.3 is 0 Å². The van der Waals surface area contributed by atoms with E-state index < -0.39 is 6.10 Å². The van der Waals surface area contributed by atoms with Crippen molar-refractivity contribution in [3.8, 4) is 0 Å². The zero-order chi connectivity index (χ0) is 13.0. The SMILES string of the molecule is COC(CN)C(=O)NC1CCSc2ccccc21. The Morgan fingerprint density at radius 2 is 2.39 bits per heavy atom. The summed E-state index contributed by atoms with van der Waals surface area (Å²) >= 11 is 1.83. The molecule has 98 valence electrons. The van der Waals surface area contributed by atoms with Crippen molar-refractivity contribution in [1.82, 2.24) is 5.32 Å². The molecule has 0 aliphatic carbocycles. The quantitative estimate of drug-likeness (QED) is 0.862. The number of nitrogens with one attached hydrogen (secondary N) is 1. The molecule has 1 aliphatic rings. The molecule has 4 nitrogen and oxygen atoms in total. The van der Waals surface area contributed by atoms with Gasteiger partial charge in [0.25, 0.3) is 5.91 Å². The van der Waals surface area contributed by atoms with E-state index in [4.69, 9.17) is 10.5 Å². The molecule has 3 N–H and O–H groups in total. The van der Waals surface area contributed by atoms with E-state index in [1.54, 1.807) is 0 Å². The van der Waals surface area contributed by atoms with Crippen molar-refractivity contribution in [3.05, 3.63) is 29.8 Å². The number of methoxy groups -OCH3 is 1. The second kappa shape index (κ2) is 6.22. The molecule has 5 heteroatoms. The number of fused-ring (bicyclic) bond motifs is 1. The molecule has 1 aliphatic heterocycles. The minimum absolute atomic E-state index is 0.0687. The molecule has 0 fully saturated rings. The van der Waals surface area contributed by atoms with Gasteiger partial charge in [0.2, 0.25) is 0 Å². The van der Waals surface area contributed by atoms with Gasteiger partial charge in [-0.1, -0.05) is 18.2 Å². The fraction of sp³-hybridized carbons (Fsp3) is 0.462. The Bertz CT molecular complexity index is 421. The summed E-state index contributed by atoms with van der Waals surface area (Å²) in [7, 11) is 1.50. The molecule has 0 spiro atoms. The van der Waals surface area contributed by atoms with E-state index in [0.29, 0.717) is 0 Å². The van der Waals surface area contributed by atoms with Gasteiger partial charge in [0.15, 0.2) is 0 Å². The highest BCUT2D eigenvalue weighted by atomic mass is 32.2. The maximum Gasteiger partial charge on any atom is 0.250 e. The lowest BCUT2D eigenvalue weighted by Gasteiger charge is -2.27. The van der Waals surface area contributed by atoms with Crippen LogP contribution in [0.2, 0.25) is 0 Å². The number of nitrogens with two attached hydrogens (primary N) is 1. The van der Waals surface area contributed by atoms with Crippen molar-refractivity contribution in [2.75, 3.05) is 19.4 Å². The topological polar surface area (TPSA) is 64.3 Å². The van der Waals surface area contributed by atoms with Crippen LogP contribution in [-0.2, 0) is 9.53 Å². The molecule has 2 rings (SSSR count). The summed E-state index contributed by atoms with van der Waals surface area (Å²) < 4.78 is 5.05. The fourth-order valence-corrected chi connectivity index (χ4v) is 3.19. The summed E-state index contributed by atoms with van der Waals surface area (Å²) in [5, 5.41) is 3.02. The predicted octanol–water partition coefficient (Wildman–Crippen LogP) is 1.31. The maximum absolute atomic E-state index is 12.0. The smallest absolute Gasteiger partial charge is 0.250 e. The number of benzene rings is 1. The first kappa shape index (κ1) is 13.4. The molecule has 2 atom stereocenters. The van der Waals surface area contributed by atoms with Gasteiger partial charge in [-0.2, -0.15) is 0 Å². The molecule has 0 bridgehead atoms. The minimum Gasteiger partial charge on any atom is -0.370 e. The Morgan fingerprint density at radius 3 is 3.11 bits per heavy atom. The van der Waals surface area contributed by atoms with E-state index >= 15 is 0 Å². The number of hydrogen-bond acceptors (Lipinski definition) is 4. The van der Waals surface area contributed by atoms with Crippen molar-refractivity contribution in [1.29, 1.82) is 0 Å². The largest absolute Gasteiger partial charge is 0.370 e. The number of thioether (sulfide) groups is 1. The normalized spacial score (nSPS) is 20.0. The van der Waals surface area contributed by atoms with E-state index in [2.05, 4.69) is 17.4 Å². The molecule has 0 saturated carbocycles. The average molecular weight is 266 g/mol. The van der Waals surface area contributed by atoms with Crippen LogP contribution < -0.4 is 11.1 Å². The van der Waals surface area contributed by atoms with Crippen LogP contribution in [0.3, 0.4) is 0 Å². The Morgan fingerprint density at radius 1 is 1.61 bits per heavy atom. The molecular weight excluding hydrogens is 248 g/mol. The van der Waals surface area contributed by atoms with Crippen LogP contribution >= 0.6 is 11.8 Å². The first-order chi connectivity index (χ1) is 8.76. The average Bonchev–Trinajstić information content (AvgIpc) is 2.40. The molecule has 1 aromatic rings. The number of carbonyl (C=O) groups excluding carboxylic acids is 1. The van der Waals surface area contributed by atoms with Crippen LogP contribution in [0, 0.1) is 0 Å². The van der Waals surface area contributed by atoms with Crippen LogP contribution in [0.1, 0.15) is 18.0 Å². The molecule has 0 aromatic heterocycles. The van der Waals surface area contributed by atoms with E-state index in [9.17, 15) is 4.79 Å². The van der Waals surface area contributed by atoms with Gasteiger partial charge in [-0.25, -0.2) is 0 Å². The molecular formula is C13H18N2O2S. The van der Waals surface area contributed by atoms with E-state index in [1.165, 1.54) is 17.6 Å². The zero-order valence-corrected chi connectivity index (χ0v) is 11.2. The second-order valence-corrected chi connectivity index (χ2v) is 5.33. The van der Waals surface area contributed by atoms with Crippen LogP contribution in [0.15, 0.2) is 29.2 Å². The number of amides is 1. The van der Waals surface area contributed by atoms with Crippen LogP contribution in [-0.4, -0.2) is 31.4 Å². The van der Waals surface area contributed by atoms with Gasteiger partial charge < -0.3 is 15.8 Å². The summed E-state index contributed by atoms with van der Waals surface area (Å²) in [5.41, 5.74) is 6.68. The zero-order valence-electron chi connectivity index (χ0n) is 10.4. The van der Waals surface area contributed by atoms with Crippen LogP contribution in [0.25, 0.3) is 0 Å². The Labute approximate surface area is 111 Å². The van der Waals surface area contributed by atoms with Gasteiger partial charge in [-0.05, 0) is 18.1 Å². The second-order valence-electron chi connectivity index (χ2n) is 4.20. The first-order valence-corrected chi connectivity index (χ1v) is 6.99. The Hall–Kier alpha value is -1.04. The summed E-state index contributed by atoms with van der Waals surface area (Å²) in [6.45, 7) is 0.200. The van der Waals surface area contributed by atoms with E-state index in [0.717, 1.165) is 12.2 Å². The van der Waals surface area contributed by atoms with Crippen molar-refractivity contribution in [3.63, 3.8) is 0 Å². The Balaban J connectivity index is 2.09. The fourth-order valence-electron chi connectivity index (χ4n) is 2.07. The summed E-state index contributed by atoms with van der Waals surface area (Å²) in [6, 6.07) is 8.25. The van der Waals surface area contributed by atoms with E-state index in [1.807, 2.05) is 23.9 Å². The standard InChI is InChI=1S/C13H18N2O2S/c1-17-11(8-14)13(16)15-10-6-7-18-12-5-3-2-4-9(10)12/h2-5,10-11H,6-8,14H2,1H3,(H,15,16). The lowest BCUT2D eigenvalue weighted by Crippen LogP contribution is -2.42. The summed E-state index contributed by atoms with van der Waals surface area (Å²) in [6.07, 6.45) is 0.376. The van der Waals surface area contributed by atoms with Crippen molar-refractivity contribution in [2.45, 2.75) is 23.5 Å². The third-order valence-corrected chi connectivity index (χ3v) is 4.19. The van der Waals surface area contributed by atoms with Gasteiger partial charge in [-0.3, -0.25) is 4.79 Å². The lowest BCUT2D eigenvalue weighted by atomic mass is 10.0. The number of carbonyl (C=O) groups is 1. The molecule has 2 unspecified atom stereocenters. The predicted molar refractivity (Wildman–Crippen MR) is 72.5 cm³/mol.